The van der Waals surface area contributed by atoms with Crippen molar-refractivity contribution in [1.29, 1.82) is 0 Å². The van der Waals surface area contributed by atoms with Gasteiger partial charge in [0.25, 0.3) is 0 Å². The van der Waals surface area contributed by atoms with Crippen LogP contribution in [0.25, 0.3) is 0 Å². The molecule has 9 nitrogen and oxygen atoms in total. The second-order valence-electron chi connectivity index (χ2n) is 4.72. The van der Waals surface area contributed by atoms with Crippen molar-refractivity contribution >= 4 is 33.5 Å². The summed E-state index contributed by atoms with van der Waals surface area (Å²) in [5.41, 5.74) is 5.33. The molecule has 0 aliphatic rings. The highest BCUT2D eigenvalue weighted by Gasteiger charge is 2.25. The largest absolute Gasteiger partial charge is 0.480 e. The number of benzene rings is 1. The fraction of sp³-hybridized carbons (Fsp3) is 0.308. The maximum absolute atomic E-state index is 12.1. The Hall–Kier alpha value is -2.46. The van der Waals surface area contributed by atoms with Gasteiger partial charge >= 0.3 is 5.97 Å². The molecule has 0 saturated carbocycles. The summed E-state index contributed by atoms with van der Waals surface area (Å²) < 4.78 is 26.3. The minimum atomic E-state index is -4.09. The first kappa shape index (κ1) is 18.6. The van der Waals surface area contributed by atoms with Gasteiger partial charge in [-0.05, 0) is 30.7 Å². The number of nitrogens with one attached hydrogen (secondary N) is 2. The molecule has 2 amide bonds. The van der Waals surface area contributed by atoms with E-state index in [1.54, 1.807) is 0 Å². The molecule has 0 bridgehead atoms. The summed E-state index contributed by atoms with van der Waals surface area (Å²) in [7, 11) is -4.09. The van der Waals surface area contributed by atoms with Crippen molar-refractivity contribution in [3.05, 3.63) is 24.3 Å². The van der Waals surface area contributed by atoms with Crippen molar-refractivity contribution in [2.24, 2.45) is 5.73 Å². The van der Waals surface area contributed by atoms with E-state index in [4.69, 9.17) is 10.8 Å². The quantitative estimate of drug-likeness (QED) is 0.505. The summed E-state index contributed by atoms with van der Waals surface area (Å²) >= 11 is 0. The van der Waals surface area contributed by atoms with E-state index in [0.29, 0.717) is 5.69 Å². The van der Waals surface area contributed by atoms with Crippen LogP contribution in [0.4, 0.5) is 5.69 Å². The number of carboxylic acid groups (broad SMARTS) is 1. The minimum Gasteiger partial charge on any atom is -0.480 e. The zero-order chi connectivity index (χ0) is 17.6. The van der Waals surface area contributed by atoms with Crippen LogP contribution in [0.15, 0.2) is 29.2 Å². The Kier molecular flexibility index (Phi) is 6.22. The molecule has 1 aromatic carbocycles. The Balaban J connectivity index is 2.89. The number of nitrogens with two attached hydrogens (primary N) is 1. The highest BCUT2D eigenvalue weighted by molar-refractivity contribution is 7.89. The van der Waals surface area contributed by atoms with Crippen LogP contribution >= 0.6 is 0 Å². The number of carbonyl (C=O) groups excluding carboxylic acids is 2. The number of anilines is 1. The number of hydrogen-bond donors (Lipinski definition) is 4. The number of hydrogen-bond acceptors (Lipinski definition) is 5. The minimum absolute atomic E-state index is 0.170. The molecule has 126 valence electrons. The van der Waals surface area contributed by atoms with E-state index in [0.717, 1.165) is 0 Å². The zero-order valence-electron chi connectivity index (χ0n) is 12.3. The number of rotatable bonds is 8. The third-order valence-corrected chi connectivity index (χ3v) is 4.25. The van der Waals surface area contributed by atoms with E-state index in [1.807, 2.05) is 4.72 Å². The van der Waals surface area contributed by atoms with Crippen LogP contribution in [0.5, 0.6) is 0 Å². The summed E-state index contributed by atoms with van der Waals surface area (Å²) in [5.74, 6) is -2.45. The van der Waals surface area contributed by atoms with Gasteiger partial charge in [-0.3, -0.25) is 14.4 Å². The first-order valence-electron chi connectivity index (χ1n) is 6.53. The smallest absolute Gasteiger partial charge is 0.321 e. The van der Waals surface area contributed by atoms with Crippen molar-refractivity contribution in [3.8, 4) is 0 Å². The Morgan fingerprint density at radius 1 is 1.22 bits per heavy atom. The average Bonchev–Trinajstić information content (AvgIpc) is 2.42. The van der Waals surface area contributed by atoms with E-state index < -0.39 is 27.9 Å². The topological polar surface area (TPSA) is 156 Å². The normalized spacial score (nSPS) is 12.4. The SMILES string of the molecule is CC(=O)Nc1ccc(S(=O)(=O)NC(CCC(N)=O)C(=O)O)cc1. The highest BCUT2D eigenvalue weighted by atomic mass is 32.2. The fourth-order valence-electron chi connectivity index (χ4n) is 1.70. The summed E-state index contributed by atoms with van der Waals surface area (Å²) in [6.45, 7) is 1.31. The third-order valence-electron chi connectivity index (χ3n) is 2.76. The van der Waals surface area contributed by atoms with Crippen molar-refractivity contribution < 1.29 is 27.9 Å². The summed E-state index contributed by atoms with van der Waals surface area (Å²) in [6.07, 6.45) is -0.519. The van der Waals surface area contributed by atoms with Crippen LogP contribution in [0, 0.1) is 0 Å². The molecule has 10 heteroatoms. The predicted molar refractivity (Wildman–Crippen MR) is 80.9 cm³/mol. The molecule has 0 aromatic heterocycles. The van der Waals surface area contributed by atoms with Crippen molar-refractivity contribution in [1.82, 2.24) is 4.72 Å². The highest BCUT2D eigenvalue weighted by Crippen LogP contribution is 2.15. The molecule has 1 rings (SSSR count). The maximum Gasteiger partial charge on any atom is 0.321 e. The number of carbonyl (C=O) groups is 3. The number of sulfonamides is 1. The van der Waals surface area contributed by atoms with Gasteiger partial charge in [-0.1, -0.05) is 0 Å². The lowest BCUT2D eigenvalue weighted by Gasteiger charge is -2.14. The Bertz CT molecular complexity index is 699. The van der Waals surface area contributed by atoms with Gasteiger partial charge < -0.3 is 16.2 Å². The molecule has 23 heavy (non-hydrogen) atoms. The van der Waals surface area contributed by atoms with Gasteiger partial charge in [0.1, 0.15) is 6.04 Å². The molecule has 0 saturated heterocycles. The molecular weight excluding hydrogens is 326 g/mol. The average molecular weight is 343 g/mol. The van der Waals surface area contributed by atoms with E-state index in [9.17, 15) is 22.8 Å². The third kappa shape index (κ3) is 6.04. The van der Waals surface area contributed by atoms with Gasteiger partial charge in [-0.15, -0.1) is 0 Å². The number of aliphatic carboxylic acids is 1. The summed E-state index contributed by atoms with van der Waals surface area (Å²) in [5, 5.41) is 11.5. The maximum atomic E-state index is 12.1. The van der Waals surface area contributed by atoms with E-state index in [-0.39, 0.29) is 23.6 Å². The second-order valence-corrected chi connectivity index (χ2v) is 6.44. The fourth-order valence-corrected chi connectivity index (χ4v) is 2.92. The Morgan fingerprint density at radius 3 is 2.22 bits per heavy atom. The molecule has 0 fully saturated rings. The lowest BCUT2D eigenvalue weighted by Crippen LogP contribution is -2.41. The lowest BCUT2D eigenvalue weighted by molar-refractivity contribution is -0.139. The zero-order valence-corrected chi connectivity index (χ0v) is 13.1. The molecule has 0 heterocycles. The van der Waals surface area contributed by atoms with Gasteiger partial charge in [0.05, 0.1) is 4.90 Å². The van der Waals surface area contributed by atoms with E-state index in [2.05, 4.69) is 5.32 Å². The lowest BCUT2D eigenvalue weighted by atomic mass is 10.2. The van der Waals surface area contributed by atoms with Crippen LogP contribution in [0.3, 0.4) is 0 Å². The molecule has 1 atom stereocenters. The molecule has 5 N–H and O–H groups in total. The van der Waals surface area contributed by atoms with Crippen LogP contribution < -0.4 is 15.8 Å². The van der Waals surface area contributed by atoms with Gasteiger partial charge in [0.2, 0.25) is 21.8 Å². The summed E-state index contributed by atoms with van der Waals surface area (Å²) in [4.78, 5) is 32.5. The first-order chi connectivity index (χ1) is 10.6. The molecule has 0 spiro atoms. The number of primary amides is 1. The predicted octanol–water partition coefficient (Wildman–Crippen LogP) is -0.358. The number of carboxylic acids is 1. The molecule has 0 radical (unpaired) electrons. The monoisotopic (exact) mass is 343 g/mol. The van der Waals surface area contributed by atoms with Crippen LogP contribution in [-0.2, 0) is 24.4 Å². The van der Waals surface area contributed by atoms with Crippen molar-refractivity contribution in [3.63, 3.8) is 0 Å². The Morgan fingerprint density at radius 2 is 1.78 bits per heavy atom. The molecule has 1 aromatic rings. The van der Waals surface area contributed by atoms with Crippen LogP contribution in [0.1, 0.15) is 19.8 Å². The molecule has 0 aliphatic carbocycles. The van der Waals surface area contributed by atoms with Gasteiger partial charge in [-0.25, -0.2) is 8.42 Å². The van der Waals surface area contributed by atoms with E-state index in [1.165, 1.54) is 31.2 Å². The molecule has 0 aliphatic heterocycles. The summed E-state index contributed by atoms with van der Waals surface area (Å²) in [6, 6.07) is 3.72. The Labute approximate surface area is 132 Å². The number of amides is 2. The molecular formula is C13H17N3O6S. The van der Waals surface area contributed by atoms with Gasteiger partial charge in [0, 0.05) is 19.0 Å². The van der Waals surface area contributed by atoms with E-state index >= 15 is 0 Å². The van der Waals surface area contributed by atoms with Gasteiger partial charge in [-0.2, -0.15) is 4.72 Å². The van der Waals surface area contributed by atoms with Gasteiger partial charge in [0.15, 0.2) is 0 Å². The molecule has 1 unspecified atom stereocenters. The van der Waals surface area contributed by atoms with Crippen molar-refractivity contribution in [2.45, 2.75) is 30.7 Å². The second kappa shape index (κ2) is 7.70. The standard InChI is InChI=1S/C13H17N3O6S/c1-8(17)15-9-2-4-10(5-3-9)23(21,22)16-11(13(19)20)6-7-12(14)18/h2-5,11,16H,6-7H2,1H3,(H2,14,18)(H,15,17)(H,19,20). The first-order valence-corrected chi connectivity index (χ1v) is 8.01. The van der Waals surface area contributed by atoms with Crippen molar-refractivity contribution in [2.75, 3.05) is 5.32 Å². The van der Waals surface area contributed by atoms with Crippen LogP contribution in [-0.4, -0.2) is 37.3 Å². The van der Waals surface area contributed by atoms with Crippen LogP contribution in [0.2, 0.25) is 0 Å².